The fourth-order valence-electron chi connectivity index (χ4n) is 1.07. The molecule has 0 fully saturated rings. The first-order valence-electron chi connectivity index (χ1n) is 5.96. The molecule has 0 aliphatic carbocycles. The molecule has 0 amide bonds. The number of halogens is 2. The maximum Gasteiger partial charge on any atom is 0.335 e. The third-order valence-electron chi connectivity index (χ3n) is 2.18. The zero-order valence-electron chi connectivity index (χ0n) is 12.3. The summed E-state index contributed by atoms with van der Waals surface area (Å²) >= 11 is 11.7. The fraction of sp³-hybridized carbons (Fsp3) is 0.167. The lowest BCUT2D eigenvalue weighted by Crippen LogP contribution is -2.39. The molecule has 2 atom stereocenters. The van der Waals surface area contributed by atoms with Crippen LogP contribution in [0.25, 0.3) is 0 Å². The predicted molar refractivity (Wildman–Crippen MR) is 90.0 cm³/mol. The molecule has 0 aliphatic rings. The molecule has 10 N–H and O–H groups in total. The predicted octanol–water partition coefficient (Wildman–Crippen LogP) is -1.14. The van der Waals surface area contributed by atoms with E-state index < -0.39 is 24.1 Å². The summed E-state index contributed by atoms with van der Waals surface area (Å²) in [5.41, 5.74) is 7.87. The van der Waals surface area contributed by atoms with Crippen molar-refractivity contribution in [2.24, 2.45) is 10.8 Å². The number of benzene rings is 1. The normalized spacial score (nSPS) is 12.2. The number of carboxylic acid groups (broad SMARTS) is 2. The molecule has 25 heavy (non-hydrogen) atoms. The van der Waals surface area contributed by atoms with Crippen molar-refractivity contribution in [1.29, 1.82) is 5.41 Å². The van der Waals surface area contributed by atoms with Crippen molar-refractivity contribution in [1.82, 2.24) is 5.43 Å². The summed E-state index contributed by atoms with van der Waals surface area (Å²) in [6, 6.07) is 5.13. The molecule has 0 spiro atoms. The minimum Gasteiger partial charge on any atom is -0.479 e. The Hall–Kier alpha value is -2.44. The summed E-state index contributed by atoms with van der Waals surface area (Å²) in [7, 11) is 0. The molecule has 0 bridgehead atoms. The molecule has 0 saturated heterocycles. The SMILES string of the molecule is N=C(N)NN=Cc1c(Cl)cccc1Cl.O.O=C(O)C(O)C(O)C(=O)O. The van der Waals surface area contributed by atoms with Gasteiger partial charge in [-0.3, -0.25) is 5.41 Å². The Bertz CT molecular complexity index is 604. The van der Waals surface area contributed by atoms with Crippen LogP contribution in [0.15, 0.2) is 23.3 Å². The second kappa shape index (κ2) is 12.0. The van der Waals surface area contributed by atoms with Gasteiger partial charge in [0.05, 0.1) is 16.3 Å². The van der Waals surface area contributed by atoms with E-state index in [0.29, 0.717) is 15.6 Å². The van der Waals surface area contributed by atoms with E-state index in [0.717, 1.165) is 0 Å². The number of rotatable bonds is 5. The summed E-state index contributed by atoms with van der Waals surface area (Å²) in [4.78, 5) is 19.5. The first kappa shape index (κ1) is 24.8. The molecule has 13 heteroatoms. The number of carboxylic acids is 2. The van der Waals surface area contributed by atoms with Crippen LogP contribution in [0.3, 0.4) is 0 Å². The first-order chi connectivity index (χ1) is 11.1. The Morgan fingerprint density at radius 1 is 1.16 bits per heavy atom. The Morgan fingerprint density at radius 2 is 1.56 bits per heavy atom. The van der Waals surface area contributed by atoms with Gasteiger partial charge in [0.1, 0.15) is 0 Å². The van der Waals surface area contributed by atoms with Crippen LogP contribution in [0.5, 0.6) is 0 Å². The number of hydrogen-bond acceptors (Lipinski definition) is 6. The smallest absolute Gasteiger partial charge is 0.335 e. The maximum atomic E-state index is 9.77. The number of aliphatic hydroxyl groups is 2. The van der Waals surface area contributed by atoms with Crippen LogP contribution in [0, 0.1) is 5.41 Å². The van der Waals surface area contributed by atoms with E-state index >= 15 is 0 Å². The van der Waals surface area contributed by atoms with Gasteiger partial charge in [-0.15, -0.1) is 0 Å². The van der Waals surface area contributed by atoms with Crippen LogP contribution in [0.2, 0.25) is 10.0 Å². The third-order valence-corrected chi connectivity index (χ3v) is 2.84. The first-order valence-corrected chi connectivity index (χ1v) is 6.72. The van der Waals surface area contributed by atoms with Crippen molar-refractivity contribution in [3.05, 3.63) is 33.8 Å². The lowest BCUT2D eigenvalue weighted by atomic mass is 10.2. The minimum absolute atomic E-state index is 0. The maximum absolute atomic E-state index is 9.77. The number of carbonyl (C=O) groups is 2. The molecule has 0 radical (unpaired) electrons. The number of hydrogen-bond donors (Lipinski definition) is 7. The van der Waals surface area contributed by atoms with Crippen molar-refractivity contribution in [3.63, 3.8) is 0 Å². The summed E-state index contributed by atoms with van der Waals surface area (Å²) in [6.45, 7) is 0. The van der Waals surface area contributed by atoms with Gasteiger partial charge in [-0.05, 0) is 12.1 Å². The highest BCUT2D eigenvalue weighted by atomic mass is 35.5. The summed E-state index contributed by atoms with van der Waals surface area (Å²) in [5, 5.41) is 44.0. The van der Waals surface area contributed by atoms with Crippen LogP contribution in [-0.4, -0.2) is 62.2 Å². The van der Waals surface area contributed by atoms with Crippen molar-refractivity contribution >= 4 is 47.3 Å². The summed E-state index contributed by atoms with van der Waals surface area (Å²) < 4.78 is 0. The van der Waals surface area contributed by atoms with Gasteiger partial charge >= 0.3 is 11.9 Å². The lowest BCUT2D eigenvalue weighted by Gasteiger charge is -2.07. The van der Waals surface area contributed by atoms with Gasteiger partial charge in [-0.2, -0.15) is 5.10 Å². The monoisotopic (exact) mass is 398 g/mol. The Labute approximate surface area is 151 Å². The number of guanidine groups is 1. The average molecular weight is 399 g/mol. The number of nitrogens with one attached hydrogen (secondary N) is 2. The van der Waals surface area contributed by atoms with E-state index in [1.807, 2.05) is 0 Å². The van der Waals surface area contributed by atoms with Crippen molar-refractivity contribution in [2.45, 2.75) is 12.2 Å². The molecular formula is C12H16Cl2N4O7. The van der Waals surface area contributed by atoms with Crippen LogP contribution in [-0.2, 0) is 9.59 Å². The second-order valence-electron chi connectivity index (χ2n) is 3.99. The highest BCUT2D eigenvalue weighted by Crippen LogP contribution is 2.21. The number of nitrogens with zero attached hydrogens (tertiary/aromatic N) is 1. The number of nitrogens with two attached hydrogens (primary N) is 1. The van der Waals surface area contributed by atoms with Gasteiger partial charge in [-0.25, -0.2) is 15.0 Å². The topological polar surface area (TPSA) is 221 Å². The largest absolute Gasteiger partial charge is 0.479 e. The van der Waals surface area contributed by atoms with E-state index in [1.54, 1.807) is 18.2 Å². The van der Waals surface area contributed by atoms with E-state index in [2.05, 4.69) is 10.5 Å². The number of aliphatic hydroxyl groups excluding tert-OH is 2. The average Bonchev–Trinajstić information content (AvgIpc) is 2.48. The summed E-state index contributed by atoms with van der Waals surface area (Å²) in [5.74, 6) is -3.78. The van der Waals surface area contributed by atoms with Crippen molar-refractivity contribution in [2.75, 3.05) is 0 Å². The van der Waals surface area contributed by atoms with E-state index in [9.17, 15) is 9.59 Å². The van der Waals surface area contributed by atoms with E-state index in [1.165, 1.54) is 6.21 Å². The highest BCUT2D eigenvalue weighted by molar-refractivity contribution is 6.38. The Morgan fingerprint density at radius 3 is 1.88 bits per heavy atom. The molecule has 2 unspecified atom stereocenters. The van der Waals surface area contributed by atoms with Crippen molar-refractivity contribution in [3.8, 4) is 0 Å². The zero-order valence-corrected chi connectivity index (χ0v) is 13.9. The third kappa shape index (κ3) is 9.44. The van der Waals surface area contributed by atoms with Gasteiger partial charge in [-0.1, -0.05) is 29.3 Å². The van der Waals surface area contributed by atoms with Gasteiger partial charge in [0.15, 0.2) is 12.2 Å². The van der Waals surface area contributed by atoms with Crippen LogP contribution in [0.1, 0.15) is 5.56 Å². The number of hydrazone groups is 1. The molecule has 11 nitrogen and oxygen atoms in total. The standard InChI is InChI=1S/C8H8Cl2N4.C4H6O6.H2O/c9-6-2-1-3-7(10)5(6)4-13-14-8(11)12;5-1(3(7)8)2(6)4(9)10;/h1-4H,(H4,11,12,14);1-2,5-6H,(H,7,8)(H,9,10);1H2. The van der Waals surface area contributed by atoms with Crippen molar-refractivity contribution < 1.29 is 35.5 Å². The van der Waals surface area contributed by atoms with Crippen LogP contribution >= 0.6 is 23.2 Å². The molecule has 1 aromatic rings. The molecule has 1 rings (SSSR count). The van der Waals surface area contributed by atoms with E-state index in [-0.39, 0.29) is 11.4 Å². The van der Waals surface area contributed by atoms with Crippen LogP contribution in [0.4, 0.5) is 0 Å². The lowest BCUT2D eigenvalue weighted by molar-refractivity contribution is -0.165. The van der Waals surface area contributed by atoms with Crippen LogP contribution < -0.4 is 11.2 Å². The molecule has 0 heterocycles. The fourth-order valence-corrected chi connectivity index (χ4v) is 1.57. The van der Waals surface area contributed by atoms with Gasteiger partial charge in [0.2, 0.25) is 5.96 Å². The van der Waals surface area contributed by atoms with Gasteiger partial charge < -0.3 is 31.6 Å². The van der Waals surface area contributed by atoms with E-state index in [4.69, 9.17) is 54.8 Å². The molecular weight excluding hydrogens is 383 g/mol. The van der Waals surface area contributed by atoms with Gasteiger partial charge in [0.25, 0.3) is 0 Å². The molecule has 1 aromatic carbocycles. The molecule has 0 aliphatic heterocycles. The molecule has 0 saturated carbocycles. The van der Waals surface area contributed by atoms with Gasteiger partial charge in [0, 0.05) is 5.56 Å². The molecule has 140 valence electrons. The second-order valence-corrected chi connectivity index (χ2v) is 4.80. The highest BCUT2D eigenvalue weighted by Gasteiger charge is 2.29. The zero-order chi connectivity index (χ0) is 18.9. The molecule has 0 aromatic heterocycles. The Balaban J connectivity index is 0. The summed E-state index contributed by atoms with van der Waals surface area (Å²) in [6.07, 6.45) is -3.12. The minimum atomic E-state index is -2.27. The number of aliphatic carboxylic acids is 2. The quantitative estimate of drug-likeness (QED) is 0.182. The Kier molecular flexibility index (Phi) is 11.9.